The zero-order chi connectivity index (χ0) is 17.9. The van der Waals surface area contributed by atoms with Gasteiger partial charge in [-0.3, -0.25) is 4.90 Å². The van der Waals surface area contributed by atoms with Crippen LogP contribution in [-0.4, -0.2) is 37.2 Å². The minimum atomic E-state index is 0.179. The minimum absolute atomic E-state index is 0.179. The molecular weight excluding hydrogens is 308 g/mol. The summed E-state index contributed by atoms with van der Waals surface area (Å²) in [6.07, 6.45) is 6.35. The van der Waals surface area contributed by atoms with Crippen molar-refractivity contribution in [2.24, 2.45) is 5.41 Å². The summed E-state index contributed by atoms with van der Waals surface area (Å²) < 4.78 is 6.19. The SMILES string of the molecule is CCNC(C)CC(C)(C)COc1ccc2c(c1)CCC2N1CCCC1. The predicted molar refractivity (Wildman–Crippen MR) is 105 cm³/mol. The Bertz CT molecular complexity index is 563. The van der Waals surface area contributed by atoms with Crippen molar-refractivity contribution in [3.63, 3.8) is 0 Å². The summed E-state index contributed by atoms with van der Waals surface area (Å²) in [5.41, 5.74) is 3.24. The summed E-state index contributed by atoms with van der Waals surface area (Å²) in [7, 11) is 0. The minimum Gasteiger partial charge on any atom is -0.493 e. The fraction of sp³-hybridized carbons (Fsp3) is 0.727. The standard InChI is InChI=1S/C22H36N2O/c1-5-23-17(2)15-22(3,4)16-25-19-9-10-20-18(14-19)8-11-21(20)24-12-6-7-13-24/h9-10,14,17,21,23H,5-8,11-13,15-16H2,1-4H3. The lowest BCUT2D eigenvalue weighted by Crippen LogP contribution is -2.33. The Labute approximate surface area is 154 Å². The Hall–Kier alpha value is -1.06. The third-order valence-corrected chi connectivity index (χ3v) is 5.78. The molecule has 0 aromatic heterocycles. The van der Waals surface area contributed by atoms with Crippen LogP contribution in [0.3, 0.4) is 0 Å². The molecular formula is C22H36N2O. The Balaban J connectivity index is 1.58. The largest absolute Gasteiger partial charge is 0.493 e. The maximum atomic E-state index is 6.19. The summed E-state index contributed by atoms with van der Waals surface area (Å²) in [4.78, 5) is 2.68. The molecule has 0 amide bonds. The van der Waals surface area contributed by atoms with Gasteiger partial charge in [-0.2, -0.15) is 0 Å². The summed E-state index contributed by atoms with van der Waals surface area (Å²) in [5.74, 6) is 1.05. The van der Waals surface area contributed by atoms with Gasteiger partial charge < -0.3 is 10.1 Å². The summed E-state index contributed by atoms with van der Waals surface area (Å²) >= 11 is 0. The average molecular weight is 345 g/mol. The molecule has 1 fully saturated rings. The number of nitrogens with zero attached hydrogens (tertiary/aromatic N) is 1. The maximum Gasteiger partial charge on any atom is 0.119 e. The van der Waals surface area contributed by atoms with Crippen molar-refractivity contribution in [1.29, 1.82) is 0 Å². The van der Waals surface area contributed by atoms with E-state index in [2.05, 4.69) is 56.1 Å². The van der Waals surface area contributed by atoms with Crippen LogP contribution in [-0.2, 0) is 6.42 Å². The van der Waals surface area contributed by atoms with E-state index in [-0.39, 0.29) is 5.41 Å². The van der Waals surface area contributed by atoms with Gasteiger partial charge in [0.05, 0.1) is 6.61 Å². The molecule has 0 spiro atoms. The van der Waals surface area contributed by atoms with Gasteiger partial charge in [0.1, 0.15) is 5.75 Å². The highest BCUT2D eigenvalue weighted by Gasteiger charge is 2.30. The van der Waals surface area contributed by atoms with Gasteiger partial charge in [0, 0.05) is 17.5 Å². The van der Waals surface area contributed by atoms with Crippen molar-refractivity contribution < 1.29 is 4.74 Å². The van der Waals surface area contributed by atoms with Crippen LogP contribution in [0.5, 0.6) is 5.75 Å². The quantitative estimate of drug-likeness (QED) is 0.748. The third-order valence-electron chi connectivity index (χ3n) is 5.78. The number of nitrogens with one attached hydrogen (secondary N) is 1. The predicted octanol–water partition coefficient (Wildman–Crippen LogP) is 4.56. The van der Waals surface area contributed by atoms with Crippen LogP contribution in [0.15, 0.2) is 18.2 Å². The Morgan fingerprint density at radius 2 is 2.04 bits per heavy atom. The van der Waals surface area contributed by atoms with E-state index in [4.69, 9.17) is 4.74 Å². The summed E-state index contributed by atoms with van der Waals surface area (Å²) in [5, 5.41) is 3.51. The van der Waals surface area contributed by atoms with E-state index in [0.29, 0.717) is 12.1 Å². The van der Waals surface area contributed by atoms with Crippen LogP contribution >= 0.6 is 0 Å². The molecule has 0 saturated carbocycles. The van der Waals surface area contributed by atoms with Crippen molar-refractivity contribution in [1.82, 2.24) is 10.2 Å². The first-order valence-corrected chi connectivity index (χ1v) is 10.2. The molecule has 0 bridgehead atoms. The van der Waals surface area contributed by atoms with Crippen LogP contribution in [0.25, 0.3) is 0 Å². The van der Waals surface area contributed by atoms with E-state index < -0.39 is 0 Å². The van der Waals surface area contributed by atoms with Gasteiger partial charge >= 0.3 is 0 Å². The van der Waals surface area contributed by atoms with Crippen LogP contribution in [0, 0.1) is 5.41 Å². The van der Waals surface area contributed by atoms with Gasteiger partial charge in [-0.1, -0.05) is 26.8 Å². The average Bonchev–Trinajstić information content (AvgIpc) is 3.21. The Kier molecular flexibility index (Phi) is 6.06. The lowest BCUT2D eigenvalue weighted by atomic mass is 9.87. The first kappa shape index (κ1) is 18.7. The van der Waals surface area contributed by atoms with Gasteiger partial charge in [0.2, 0.25) is 0 Å². The maximum absolute atomic E-state index is 6.19. The van der Waals surface area contributed by atoms with Crippen molar-refractivity contribution in [3.05, 3.63) is 29.3 Å². The monoisotopic (exact) mass is 344 g/mol. The second-order valence-electron chi connectivity index (χ2n) is 8.77. The lowest BCUT2D eigenvalue weighted by Gasteiger charge is -2.28. The molecule has 25 heavy (non-hydrogen) atoms. The number of likely N-dealkylation sites (tertiary alicyclic amines) is 1. The van der Waals surface area contributed by atoms with Gasteiger partial charge in [-0.05, 0) is 81.9 Å². The van der Waals surface area contributed by atoms with Gasteiger partial charge in [-0.15, -0.1) is 0 Å². The zero-order valence-corrected chi connectivity index (χ0v) is 16.6. The molecule has 3 rings (SSSR count). The molecule has 1 aliphatic carbocycles. The molecule has 3 heteroatoms. The molecule has 3 nitrogen and oxygen atoms in total. The van der Waals surface area contributed by atoms with Crippen molar-refractivity contribution >= 4 is 0 Å². The molecule has 2 aliphatic rings. The second kappa shape index (κ2) is 8.09. The highest BCUT2D eigenvalue weighted by atomic mass is 16.5. The van der Waals surface area contributed by atoms with Gasteiger partial charge in [0.25, 0.3) is 0 Å². The highest BCUT2D eigenvalue weighted by Crippen LogP contribution is 2.39. The van der Waals surface area contributed by atoms with Gasteiger partial charge in [0.15, 0.2) is 0 Å². The Morgan fingerprint density at radius 1 is 1.28 bits per heavy atom. The molecule has 1 N–H and O–H groups in total. The van der Waals surface area contributed by atoms with E-state index in [1.807, 2.05) is 0 Å². The number of rotatable bonds is 8. The highest BCUT2D eigenvalue weighted by molar-refractivity contribution is 5.40. The lowest BCUT2D eigenvalue weighted by molar-refractivity contribution is 0.157. The molecule has 2 atom stereocenters. The fourth-order valence-corrected chi connectivity index (χ4v) is 4.68. The first-order chi connectivity index (χ1) is 12.0. The number of hydrogen-bond acceptors (Lipinski definition) is 3. The van der Waals surface area contributed by atoms with E-state index in [9.17, 15) is 0 Å². The van der Waals surface area contributed by atoms with Crippen LogP contribution in [0.2, 0.25) is 0 Å². The number of benzene rings is 1. The summed E-state index contributed by atoms with van der Waals surface area (Å²) in [6, 6.07) is 8.01. The van der Waals surface area contributed by atoms with Crippen molar-refractivity contribution in [2.75, 3.05) is 26.2 Å². The topological polar surface area (TPSA) is 24.5 Å². The van der Waals surface area contributed by atoms with E-state index in [0.717, 1.165) is 25.3 Å². The van der Waals surface area contributed by atoms with Crippen molar-refractivity contribution in [3.8, 4) is 5.75 Å². The molecule has 2 unspecified atom stereocenters. The number of ether oxygens (including phenoxy) is 1. The molecule has 0 radical (unpaired) electrons. The molecule has 1 aromatic rings. The van der Waals surface area contributed by atoms with Crippen LogP contribution in [0.1, 0.15) is 70.5 Å². The fourth-order valence-electron chi connectivity index (χ4n) is 4.68. The number of hydrogen-bond donors (Lipinski definition) is 1. The third kappa shape index (κ3) is 4.77. The molecule has 1 aliphatic heterocycles. The molecule has 140 valence electrons. The Morgan fingerprint density at radius 3 is 2.76 bits per heavy atom. The van der Waals surface area contributed by atoms with Crippen LogP contribution < -0.4 is 10.1 Å². The molecule has 1 saturated heterocycles. The first-order valence-electron chi connectivity index (χ1n) is 10.2. The second-order valence-corrected chi connectivity index (χ2v) is 8.77. The van der Waals surface area contributed by atoms with E-state index in [1.165, 1.54) is 44.3 Å². The normalized spacial score (nSPS) is 22.2. The van der Waals surface area contributed by atoms with Gasteiger partial charge in [-0.25, -0.2) is 0 Å². The van der Waals surface area contributed by atoms with E-state index >= 15 is 0 Å². The van der Waals surface area contributed by atoms with E-state index in [1.54, 1.807) is 5.56 Å². The molecule has 1 aromatic carbocycles. The number of aryl methyl sites for hydroxylation is 1. The zero-order valence-electron chi connectivity index (χ0n) is 16.6. The summed E-state index contributed by atoms with van der Waals surface area (Å²) in [6.45, 7) is 13.4. The number of fused-ring (bicyclic) bond motifs is 1. The van der Waals surface area contributed by atoms with Crippen LogP contribution in [0.4, 0.5) is 0 Å². The molecule has 1 heterocycles. The van der Waals surface area contributed by atoms with Crippen molar-refractivity contribution in [2.45, 2.75) is 71.9 Å². The smallest absolute Gasteiger partial charge is 0.119 e.